The maximum absolute atomic E-state index is 12.8. The summed E-state index contributed by atoms with van der Waals surface area (Å²) < 4.78 is 10.8. The third-order valence-corrected chi connectivity index (χ3v) is 8.58. The summed E-state index contributed by atoms with van der Waals surface area (Å²) in [7, 11) is 0. The normalized spacial score (nSPS) is 13.1. The smallest absolute Gasteiger partial charge is 0.410 e. The molecule has 2 rings (SSSR count). The quantitative estimate of drug-likeness (QED) is 0.128. The maximum atomic E-state index is 12.8. The van der Waals surface area contributed by atoms with E-state index in [-0.39, 0.29) is 18.6 Å². The number of thiophene rings is 1. The number of carbonyl (C=O) groups excluding carboxylic acids is 3. The molecular formula is C33H56N2O5S. The SMILES string of the molecule is CCCCCCCCCCCCCCCCCC(=O)Nc1sc2c(c1C(=O)OCC)CCN(C(=O)OC(C)(C)C)C2. The van der Waals surface area contributed by atoms with Crippen LogP contribution in [0.15, 0.2) is 0 Å². The highest BCUT2D eigenvalue weighted by atomic mass is 32.1. The van der Waals surface area contributed by atoms with E-state index >= 15 is 0 Å². The molecule has 0 saturated carbocycles. The van der Waals surface area contributed by atoms with Gasteiger partial charge in [0.1, 0.15) is 10.6 Å². The molecular weight excluding hydrogens is 536 g/mol. The fourth-order valence-electron chi connectivity index (χ4n) is 5.24. The van der Waals surface area contributed by atoms with E-state index in [1.165, 1.54) is 88.4 Å². The molecule has 1 N–H and O–H groups in total. The summed E-state index contributed by atoms with van der Waals surface area (Å²) in [5.41, 5.74) is 0.741. The number of nitrogens with zero attached hydrogens (tertiary/aromatic N) is 1. The predicted molar refractivity (Wildman–Crippen MR) is 169 cm³/mol. The van der Waals surface area contributed by atoms with Crippen LogP contribution in [0.25, 0.3) is 0 Å². The van der Waals surface area contributed by atoms with E-state index in [4.69, 9.17) is 9.47 Å². The average Bonchev–Trinajstić information content (AvgIpc) is 3.27. The van der Waals surface area contributed by atoms with E-state index in [2.05, 4.69) is 12.2 Å². The lowest BCUT2D eigenvalue weighted by Gasteiger charge is -2.30. The zero-order valence-electron chi connectivity index (χ0n) is 26.5. The first kappa shape index (κ1) is 35.1. The van der Waals surface area contributed by atoms with Crippen molar-refractivity contribution in [3.63, 3.8) is 0 Å². The number of nitrogens with one attached hydrogen (secondary N) is 1. The minimum atomic E-state index is -0.574. The van der Waals surface area contributed by atoms with E-state index in [0.717, 1.165) is 29.7 Å². The number of anilines is 1. The first-order valence-electron chi connectivity index (χ1n) is 16.3. The van der Waals surface area contributed by atoms with Gasteiger partial charge in [-0.15, -0.1) is 11.3 Å². The Bertz CT molecular complexity index is 937. The second kappa shape index (κ2) is 19.2. The molecule has 0 fully saturated rings. The van der Waals surface area contributed by atoms with Crippen LogP contribution in [-0.2, 0) is 27.2 Å². The Kier molecular flexibility index (Phi) is 16.4. The molecule has 0 aromatic carbocycles. The first-order valence-corrected chi connectivity index (χ1v) is 17.1. The maximum Gasteiger partial charge on any atom is 0.410 e. The van der Waals surface area contributed by atoms with Crippen LogP contribution in [0.2, 0.25) is 0 Å². The Balaban J connectivity index is 1.71. The summed E-state index contributed by atoms with van der Waals surface area (Å²) in [5.74, 6) is -0.495. The van der Waals surface area contributed by atoms with Gasteiger partial charge in [-0.05, 0) is 46.1 Å². The molecule has 41 heavy (non-hydrogen) atoms. The molecule has 2 amide bonds. The molecule has 0 radical (unpaired) electrons. The highest BCUT2D eigenvalue weighted by molar-refractivity contribution is 7.17. The summed E-state index contributed by atoms with van der Waals surface area (Å²) in [5, 5.41) is 3.52. The van der Waals surface area contributed by atoms with Crippen molar-refractivity contribution in [2.75, 3.05) is 18.5 Å². The molecule has 1 aliphatic heterocycles. The van der Waals surface area contributed by atoms with Gasteiger partial charge in [0.25, 0.3) is 0 Å². The first-order chi connectivity index (χ1) is 19.7. The van der Waals surface area contributed by atoms with Gasteiger partial charge in [0, 0.05) is 17.8 Å². The number of carbonyl (C=O) groups is 3. The van der Waals surface area contributed by atoms with E-state index in [1.54, 1.807) is 11.8 Å². The molecule has 0 unspecified atom stereocenters. The third-order valence-electron chi connectivity index (χ3n) is 7.45. The highest BCUT2D eigenvalue weighted by Gasteiger charge is 2.32. The number of hydrogen-bond donors (Lipinski definition) is 1. The van der Waals surface area contributed by atoms with Crippen LogP contribution >= 0.6 is 11.3 Å². The molecule has 0 saturated heterocycles. The van der Waals surface area contributed by atoms with Gasteiger partial charge in [0.15, 0.2) is 0 Å². The lowest BCUT2D eigenvalue weighted by Crippen LogP contribution is -2.39. The van der Waals surface area contributed by atoms with Gasteiger partial charge >= 0.3 is 12.1 Å². The zero-order valence-corrected chi connectivity index (χ0v) is 27.4. The number of ether oxygens (including phenoxy) is 2. The van der Waals surface area contributed by atoms with Crippen molar-refractivity contribution in [2.45, 2.75) is 156 Å². The Morgan fingerprint density at radius 1 is 0.829 bits per heavy atom. The summed E-state index contributed by atoms with van der Waals surface area (Å²) in [6.07, 6.45) is 19.9. The van der Waals surface area contributed by atoms with Crippen LogP contribution in [0.3, 0.4) is 0 Å². The number of esters is 1. The number of amides is 2. The highest BCUT2D eigenvalue weighted by Crippen LogP contribution is 2.38. The van der Waals surface area contributed by atoms with Crippen molar-refractivity contribution >= 4 is 34.3 Å². The van der Waals surface area contributed by atoms with Gasteiger partial charge in [0.05, 0.1) is 18.7 Å². The summed E-state index contributed by atoms with van der Waals surface area (Å²) in [4.78, 5) is 40.7. The Hall–Kier alpha value is -2.09. The van der Waals surface area contributed by atoms with Gasteiger partial charge in [-0.2, -0.15) is 0 Å². The molecule has 234 valence electrons. The molecule has 7 nitrogen and oxygen atoms in total. The van der Waals surface area contributed by atoms with Crippen molar-refractivity contribution in [3.8, 4) is 0 Å². The summed E-state index contributed by atoms with van der Waals surface area (Å²) in [6, 6.07) is 0. The molecule has 8 heteroatoms. The number of rotatable bonds is 19. The largest absolute Gasteiger partial charge is 0.462 e. The second-order valence-electron chi connectivity index (χ2n) is 12.3. The van der Waals surface area contributed by atoms with Crippen LogP contribution in [-0.4, -0.2) is 41.6 Å². The fraction of sp³-hybridized carbons (Fsp3) is 0.788. The number of unbranched alkanes of at least 4 members (excludes halogenated alkanes) is 14. The minimum absolute atomic E-state index is 0.0761. The van der Waals surface area contributed by atoms with Crippen molar-refractivity contribution < 1.29 is 23.9 Å². The monoisotopic (exact) mass is 592 g/mol. The predicted octanol–water partition coefficient (Wildman–Crippen LogP) is 9.42. The van der Waals surface area contributed by atoms with Crippen molar-refractivity contribution in [1.82, 2.24) is 4.90 Å². The van der Waals surface area contributed by atoms with Gasteiger partial charge < -0.3 is 19.7 Å². The Labute approximate surface area is 253 Å². The molecule has 2 heterocycles. The van der Waals surface area contributed by atoms with Crippen molar-refractivity contribution in [1.29, 1.82) is 0 Å². The van der Waals surface area contributed by atoms with Gasteiger partial charge in [0.2, 0.25) is 5.91 Å². The summed E-state index contributed by atoms with van der Waals surface area (Å²) >= 11 is 1.37. The van der Waals surface area contributed by atoms with Crippen LogP contribution in [0, 0.1) is 0 Å². The van der Waals surface area contributed by atoms with Crippen molar-refractivity contribution in [3.05, 3.63) is 16.0 Å². The molecule has 1 aliphatic rings. The summed E-state index contributed by atoms with van der Waals surface area (Å²) in [6.45, 7) is 10.6. The van der Waals surface area contributed by atoms with Crippen molar-refractivity contribution in [2.24, 2.45) is 0 Å². The molecule has 1 aromatic heterocycles. The van der Waals surface area contributed by atoms with E-state index in [1.807, 2.05) is 20.8 Å². The van der Waals surface area contributed by atoms with Crippen LogP contribution in [0.1, 0.15) is 158 Å². The second-order valence-corrected chi connectivity index (χ2v) is 13.4. The van der Waals surface area contributed by atoms with Crippen LogP contribution in [0.4, 0.5) is 9.80 Å². The fourth-order valence-corrected chi connectivity index (χ4v) is 6.51. The van der Waals surface area contributed by atoms with Gasteiger partial charge in [-0.25, -0.2) is 9.59 Å². The average molecular weight is 593 g/mol. The zero-order chi connectivity index (χ0) is 30.1. The molecule has 0 aliphatic carbocycles. The van der Waals surface area contributed by atoms with E-state index in [0.29, 0.717) is 36.5 Å². The molecule has 0 atom stereocenters. The third kappa shape index (κ3) is 13.6. The van der Waals surface area contributed by atoms with Gasteiger partial charge in [-0.3, -0.25) is 4.79 Å². The van der Waals surface area contributed by atoms with Crippen LogP contribution < -0.4 is 5.32 Å². The lowest BCUT2D eigenvalue weighted by molar-refractivity contribution is -0.116. The number of fused-ring (bicyclic) bond motifs is 1. The number of hydrogen-bond acceptors (Lipinski definition) is 6. The van der Waals surface area contributed by atoms with E-state index in [9.17, 15) is 14.4 Å². The van der Waals surface area contributed by atoms with E-state index < -0.39 is 11.6 Å². The Morgan fingerprint density at radius 2 is 1.37 bits per heavy atom. The molecule has 1 aromatic rings. The topological polar surface area (TPSA) is 84.9 Å². The minimum Gasteiger partial charge on any atom is -0.462 e. The molecule has 0 bridgehead atoms. The lowest BCUT2D eigenvalue weighted by atomic mass is 10.0. The standard InChI is InChI=1S/C33H56N2O5S/c1-6-8-9-10-11-12-13-14-15-16-17-18-19-20-21-22-28(36)34-30-29(31(37)39-7-2)26-23-24-35(25-27(26)41-30)32(38)40-33(3,4)5/h6-25H2,1-5H3,(H,34,36). The Morgan fingerprint density at radius 3 is 1.88 bits per heavy atom. The molecule has 0 spiro atoms. The van der Waals surface area contributed by atoms with Crippen LogP contribution in [0.5, 0.6) is 0 Å². The van der Waals surface area contributed by atoms with Gasteiger partial charge in [-0.1, -0.05) is 96.8 Å².